The van der Waals surface area contributed by atoms with Crippen LogP contribution in [0.2, 0.25) is 0 Å². The van der Waals surface area contributed by atoms with Gasteiger partial charge in [-0.1, -0.05) is 19.8 Å². The average Bonchev–Trinajstić information content (AvgIpc) is 2.30. The summed E-state index contributed by atoms with van der Waals surface area (Å²) in [5.74, 6) is 2.92. The average molecular weight is 222 g/mol. The predicted octanol–water partition coefficient (Wildman–Crippen LogP) is 2.25. The molecule has 2 nitrogen and oxygen atoms in total. The van der Waals surface area contributed by atoms with Gasteiger partial charge in [-0.25, -0.2) is 0 Å². The molecule has 16 heavy (non-hydrogen) atoms. The lowest BCUT2D eigenvalue weighted by atomic mass is 9.96. The first-order valence-corrected chi connectivity index (χ1v) is 6.68. The van der Waals surface area contributed by atoms with Crippen molar-refractivity contribution in [3.05, 3.63) is 0 Å². The number of terminal acetylenes is 1. The van der Waals surface area contributed by atoms with E-state index in [9.17, 15) is 0 Å². The monoisotopic (exact) mass is 222 g/mol. The first-order valence-electron chi connectivity index (χ1n) is 6.68. The quantitative estimate of drug-likeness (QED) is 0.718. The van der Waals surface area contributed by atoms with Crippen molar-refractivity contribution in [2.75, 3.05) is 13.1 Å². The first kappa shape index (κ1) is 13.5. The summed E-state index contributed by atoms with van der Waals surface area (Å²) in [6, 6.07) is 1.65. The molecule has 0 aromatic rings. The molecule has 2 heteroatoms. The van der Waals surface area contributed by atoms with E-state index < -0.39 is 0 Å². The highest BCUT2D eigenvalue weighted by Gasteiger charge is 2.28. The zero-order valence-electron chi connectivity index (χ0n) is 11.0. The molecular formula is C14H26N2. The molecule has 0 aliphatic carbocycles. The molecule has 1 heterocycles. The van der Waals surface area contributed by atoms with Gasteiger partial charge in [-0.05, 0) is 39.2 Å². The molecule has 0 amide bonds. The largest absolute Gasteiger partial charge is 0.314 e. The minimum Gasteiger partial charge on any atom is -0.314 e. The maximum Gasteiger partial charge on any atom is 0.0711 e. The lowest BCUT2D eigenvalue weighted by Crippen LogP contribution is -2.51. The van der Waals surface area contributed by atoms with E-state index in [-0.39, 0.29) is 0 Å². The van der Waals surface area contributed by atoms with E-state index in [2.05, 4.69) is 36.9 Å². The Hall–Kier alpha value is -0.520. The van der Waals surface area contributed by atoms with Gasteiger partial charge >= 0.3 is 0 Å². The molecule has 1 fully saturated rings. The number of nitrogens with zero attached hydrogens (tertiary/aromatic N) is 1. The third-order valence-electron chi connectivity index (χ3n) is 3.59. The van der Waals surface area contributed by atoms with Gasteiger partial charge in [0.05, 0.1) is 6.04 Å². The molecule has 0 aromatic carbocycles. The number of hydrogen-bond acceptors (Lipinski definition) is 2. The Kier molecular flexibility index (Phi) is 5.87. The number of rotatable bonds is 5. The van der Waals surface area contributed by atoms with E-state index in [4.69, 9.17) is 6.42 Å². The van der Waals surface area contributed by atoms with Crippen LogP contribution in [0.1, 0.15) is 46.5 Å². The summed E-state index contributed by atoms with van der Waals surface area (Å²) in [5.41, 5.74) is 0. The smallest absolute Gasteiger partial charge is 0.0711 e. The summed E-state index contributed by atoms with van der Waals surface area (Å²) in [4.78, 5) is 2.49. The summed E-state index contributed by atoms with van der Waals surface area (Å²) >= 11 is 0. The predicted molar refractivity (Wildman–Crippen MR) is 70.4 cm³/mol. The number of piperidine rings is 1. The third-order valence-corrected chi connectivity index (χ3v) is 3.59. The van der Waals surface area contributed by atoms with Crippen molar-refractivity contribution in [1.82, 2.24) is 10.2 Å². The van der Waals surface area contributed by atoms with Crippen LogP contribution in [0, 0.1) is 12.3 Å². The van der Waals surface area contributed by atoms with E-state index >= 15 is 0 Å². The minimum atomic E-state index is 0.335. The fourth-order valence-corrected chi connectivity index (χ4v) is 2.64. The fourth-order valence-electron chi connectivity index (χ4n) is 2.64. The van der Waals surface area contributed by atoms with Gasteiger partial charge in [0.1, 0.15) is 0 Å². The highest BCUT2D eigenvalue weighted by molar-refractivity contribution is 5.02. The van der Waals surface area contributed by atoms with Crippen molar-refractivity contribution in [1.29, 1.82) is 0 Å². The normalized spacial score (nSPS) is 28.6. The van der Waals surface area contributed by atoms with Crippen LogP contribution < -0.4 is 5.32 Å². The third kappa shape index (κ3) is 3.50. The van der Waals surface area contributed by atoms with Gasteiger partial charge in [-0.3, -0.25) is 4.90 Å². The van der Waals surface area contributed by atoms with E-state index in [0.717, 1.165) is 19.5 Å². The summed E-state index contributed by atoms with van der Waals surface area (Å²) in [6.07, 6.45) is 10.3. The molecule has 0 aromatic heterocycles. The molecule has 1 N–H and O–H groups in total. The van der Waals surface area contributed by atoms with Crippen LogP contribution in [0.5, 0.6) is 0 Å². The van der Waals surface area contributed by atoms with Crippen molar-refractivity contribution in [3.8, 4) is 12.3 Å². The highest BCUT2D eigenvalue weighted by Crippen LogP contribution is 2.20. The lowest BCUT2D eigenvalue weighted by molar-refractivity contribution is 0.110. The summed E-state index contributed by atoms with van der Waals surface area (Å²) in [7, 11) is 0. The maximum atomic E-state index is 5.58. The Labute approximate surface area is 101 Å². The lowest BCUT2D eigenvalue weighted by Gasteiger charge is -2.40. The van der Waals surface area contributed by atoms with E-state index in [1.54, 1.807) is 0 Å². The zero-order valence-corrected chi connectivity index (χ0v) is 11.0. The molecule has 1 aliphatic heterocycles. The summed E-state index contributed by atoms with van der Waals surface area (Å²) in [6.45, 7) is 8.99. The molecule has 0 bridgehead atoms. The van der Waals surface area contributed by atoms with Crippen LogP contribution in [-0.4, -0.2) is 36.1 Å². The molecule has 1 aliphatic rings. The van der Waals surface area contributed by atoms with Gasteiger partial charge in [-0.15, -0.1) is 6.42 Å². The van der Waals surface area contributed by atoms with Crippen molar-refractivity contribution >= 4 is 0 Å². The van der Waals surface area contributed by atoms with Gasteiger partial charge in [0.25, 0.3) is 0 Å². The molecule has 0 spiro atoms. The molecular weight excluding hydrogens is 196 g/mol. The van der Waals surface area contributed by atoms with Gasteiger partial charge in [-0.2, -0.15) is 0 Å². The topological polar surface area (TPSA) is 15.3 Å². The minimum absolute atomic E-state index is 0.335. The second kappa shape index (κ2) is 6.93. The molecule has 1 rings (SSSR count). The molecule has 0 radical (unpaired) electrons. The van der Waals surface area contributed by atoms with Crippen LogP contribution in [0.25, 0.3) is 0 Å². The number of hydrogen-bond donors (Lipinski definition) is 1. The number of likely N-dealkylation sites (tertiary alicyclic amines) is 1. The van der Waals surface area contributed by atoms with Crippen molar-refractivity contribution < 1.29 is 0 Å². The Morgan fingerprint density at radius 1 is 1.50 bits per heavy atom. The van der Waals surface area contributed by atoms with Crippen LogP contribution in [0.15, 0.2) is 0 Å². The summed E-state index contributed by atoms with van der Waals surface area (Å²) in [5, 5.41) is 3.62. The Bertz CT molecular complexity index is 231. The maximum absolute atomic E-state index is 5.58. The summed E-state index contributed by atoms with van der Waals surface area (Å²) < 4.78 is 0. The standard InChI is InChI=1S/C14H26N2/c1-5-9-15-13-8-10-16(12(4)11-13)14(6-2)7-3/h2,12-15H,5,7-11H2,1,3-4H3. The Balaban J connectivity index is 2.42. The fraction of sp³-hybridized carbons (Fsp3) is 0.857. The highest BCUT2D eigenvalue weighted by atomic mass is 15.2. The molecule has 3 atom stereocenters. The molecule has 92 valence electrons. The zero-order chi connectivity index (χ0) is 12.0. The van der Waals surface area contributed by atoms with E-state index in [1.807, 2.05) is 0 Å². The van der Waals surface area contributed by atoms with Crippen LogP contribution in [0.3, 0.4) is 0 Å². The molecule has 3 unspecified atom stereocenters. The van der Waals surface area contributed by atoms with Crippen LogP contribution in [0.4, 0.5) is 0 Å². The van der Waals surface area contributed by atoms with Gasteiger partial charge < -0.3 is 5.32 Å². The molecule has 1 saturated heterocycles. The Morgan fingerprint density at radius 3 is 2.75 bits per heavy atom. The van der Waals surface area contributed by atoms with Crippen molar-refractivity contribution in [3.63, 3.8) is 0 Å². The first-order chi connectivity index (χ1) is 7.72. The van der Waals surface area contributed by atoms with Gasteiger partial charge in [0.2, 0.25) is 0 Å². The van der Waals surface area contributed by atoms with Crippen LogP contribution >= 0.6 is 0 Å². The van der Waals surface area contributed by atoms with Crippen molar-refractivity contribution in [2.24, 2.45) is 0 Å². The SMILES string of the molecule is C#CC(CC)N1CCC(NCCC)CC1C. The Morgan fingerprint density at radius 2 is 2.25 bits per heavy atom. The van der Waals surface area contributed by atoms with Gasteiger partial charge in [0.15, 0.2) is 0 Å². The van der Waals surface area contributed by atoms with Gasteiger partial charge in [0, 0.05) is 18.6 Å². The van der Waals surface area contributed by atoms with E-state index in [1.165, 1.54) is 19.3 Å². The van der Waals surface area contributed by atoms with E-state index in [0.29, 0.717) is 18.1 Å². The van der Waals surface area contributed by atoms with Crippen LogP contribution in [-0.2, 0) is 0 Å². The van der Waals surface area contributed by atoms with Crippen molar-refractivity contribution in [2.45, 2.75) is 64.6 Å². The molecule has 0 saturated carbocycles. The second-order valence-electron chi connectivity index (χ2n) is 4.85. The number of nitrogens with one attached hydrogen (secondary N) is 1. The second-order valence-corrected chi connectivity index (χ2v) is 4.85.